The number of ether oxygens (including phenoxy) is 2. The van der Waals surface area contributed by atoms with E-state index in [-0.39, 0.29) is 0 Å². The van der Waals surface area contributed by atoms with Crippen LogP contribution in [0.5, 0.6) is 0 Å². The second-order valence-electron chi connectivity index (χ2n) is 4.97. The van der Waals surface area contributed by atoms with E-state index in [4.69, 9.17) is 9.47 Å². The molecular weight excluding hydrogens is 228 g/mol. The fourth-order valence-electron chi connectivity index (χ4n) is 2.42. The number of hydrogen-bond donors (Lipinski definition) is 1. The van der Waals surface area contributed by atoms with Gasteiger partial charge in [-0.2, -0.15) is 0 Å². The van der Waals surface area contributed by atoms with Crippen LogP contribution in [-0.4, -0.2) is 37.0 Å². The van der Waals surface area contributed by atoms with Crippen molar-refractivity contribution in [2.75, 3.05) is 20.3 Å². The van der Waals surface area contributed by atoms with Crippen LogP contribution in [0.2, 0.25) is 0 Å². The zero-order chi connectivity index (χ0) is 12.8. The number of rotatable bonds is 7. The van der Waals surface area contributed by atoms with E-state index in [1.165, 1.54) is 18.5 Å². The van der Waals surface area contributed by atoms with E-state index in [1.807, 2.05) is 0 Å². The molecule has 4 heteroatoms. The molecule has 0 radical (unpaired) electrons. The smallest absolute Gasteiger partial charge is 0.0758 e. The van der Waals surface area contributed by atoms with E-state index < -0.39 is 0 Å². The molecule has 1 aliphatic heterocycles. The van der Waals surface area contributed by atoms with Gasteiger partial charge in [-0.3, -0.25) is 0 Å². The Bertz CT molecular complexity index is 351. The molecule has 1 fully saturated rings. The Kier molecular flexibility index (Phi) is 5.23. The van der Waals surface area contributed by atoms with Gasteiger partial charge in [0.25, 0.3) is 0 Å². The molecule has 18 heavy (non-hydrogen) atoms. The van der Waals surface area contributed by atoms with Gasteiger partial charge in [0.05, 0.1) is 18.8 Å². The highest BCUT2D eigenvalue weighted by Crippen LogP contribution is 2.21. The monoisotopic (exact) mass is 252 g/mol. The average Bonchev–Trinajstić information content (AvgIpc) is 2.95. The molecule has 2 unspecified atom stereocenters. The van der Waals surface area contributed by atoms with Crippen LogP contribution >= 0.6 is 0 Å². The molecule has 1 saturated heterocycles. The fourth-order valence-corrected chi connectivity index (χ4v) is 2.42. The molecule has 0 amide bonds. The van der Waals surface area contributed by atoms with Gasteiger partial charge >= 0.3 is 0 Å². The number of hydrogen-bond acceptors (Lipinski definition) is 3. The van der Waals surface area contributed by atoms with Gasteiger partial charge in [0.15, 0.2) is 0 Å². The van der Waals surface area contributed by atoms with E-state index in [0.717, 1.165) is 26.2 Å². The topological polar surface area (TPSA) is 35.4 Å². The van der Waals surface area contributed by atoms with E-state index in [9.17, 15) is 0 Å². The van der Waals surface area contributed by atoms with E-state index >= 15 is 0 Å². The van der Waals surface area contributed by atoms with Gasteiger partial charge in [-0.1, -0.05) is 0 Å². The fraction of sp³-hybridized carbons (Fsp3) is 0.714. The highest BCUT2D eigenvalue weighted by molar-refractivity contribution is 5.07. The molecule has 1 aromatic rings. The van der Waals surface area contributed by atoms with Crippen LogP contribution in [0.4, 0.5) is 0 Å². The summed E-state index contributed by atoms with van der Waals surface area (Å²) in [6, 6.07) is 4.27. The maximum atomic E-state index is 5.87. The van der Waals surface area contributed by atoms with Crippen molar-refractivity contribution in [1.29, 1.82) is 0 Å². The predicted molar refractivity (Wildman–Crippen MR) is 71.6 cm³/mol. The van der Waals surface area contributed by atoms with Crippen molar-refractivity contribution >= 4 is 0 Å². The standard InChI is InChI=1S/C14H24N2O2/c1-12-5-6-14(18-12)11-16-8-3-4-13(16)10-15-7-9-17-2/h3-4,8,12,14-15H,5-7,9-11H2,1-2H3. The van der Waals surface area contributed by atoms with Gasteiger partial charge in [-0.25, -0.2) is 0 Å². The van der Waals surface area contributed by atoms with Crippen LogP contribution in [0.25, 0.3) is 0 Å². The minimum absolute atomic E-state index is 0.380. The van der Waals surface area contributed by atoms with E-state index in [0.29, 0.717) is 12.2 Å². The van der Waals surface area contributed by atoms with Crippen molar-refractivity contribution in [3.8, 4) is 0 Å². The summed E-state index contributed by atoms with van der Waals surface area (Å²) in [4.78, 5) is 0. The molecule has 4 nitrogen and oxygen atoms in total. The Morgan fingerprint density at radius 3 is 3.11 bits per heavy atom. The van der Waals surface area contributed by atoms with Crippen molar-refractivity contribution in [1.82, 2.24) is 9.88 Å². The van der Waals surface area contributed by atoms with E-state index in [2.05, 4.69) is 35.1 Å². The first-order valence-corrected chi connectivity index (χ1v) is 6.78. The summed E-state index contributed by atoms with van der Waals surface area (Å²) in [5.74, 6) is 0. The maximum absolute atomic E-state index is 5.87. The lowest BCUT2D eigenvalue weighted by molar-refractivity contribution is 0.0453. The molecule has 1 aliphatic rings. The van der Waals surface area contributed by atoms with Crippen molar-refractivity contribution in [2.24, 2.45) is 0 Å². The minimum Gasteiger partial charge on any atom is -0.383 e. The Hall–Kier alpha value is -0.840. The molecule has 2 atom stereocenters. The number of aromatic nitrogens is 1. The summed E-state index contributed by atoms with van der Waals surface area (Å²) in [6.07, 6.45) is 5.31. The van der Waals surface area contributed by atoms with Crippen molar-refractivity contribution in [3.63, 3.8) is 0 Å². The highest BCUT2D eigenvalue weighted by atomic mass is 16.5. The van der Waals surface area contributed by atoms with Crippen LogP contribution < -0.4 is 5.32 Å². The summed E-state index contributed by atoms with van der Waals surface area (Å²) in [6.45, 7) is 5.66. The average molecular weight is 252 g/mol. The third kappa shape index (κ3) is 3.83. The van der Waals surface area contributed by atoms with Crippen molar-refractivity contribution < 1.29 is 9.47 Å². The van der Waals surface area contributed by atoms with Crippen molar-refractivity contribution in [3.05, 3.63) is 24.0 Å². The molecule has 2 rings (SSSR count). The number of nitrogens with one attached hydrogen (secondary N) is 1. The van der Waals surface area contributed by atoms with Crippen LogP contribution in [0, 0.1) is 0 Å². The molecule has 102 valence electrons. The van der Waals surface area contributed by atoms with Gasteiger partial charge in [0.1, 0.15) is 0 Å². The first-order chi connectivity index (χ1) is 8.79. The highest BCUT2D eigenvalue weighted by Gasteiger charge is 2.22. The van der Waals surface area contributed by atoms with Crippen LogP contribution in [-0.2, 0) is 22.6 Å². The Morgan fingerprint density at radius 2 is 2.39 bits per heavy atom. The lowest BCUT2D eigenvalue weighted by Crippen LogP contribution is -2.23. The summed E-state index contributed by atoms with van der Waals surface area (Å²) in [5, 5.41) is 3.38. The Morgan fingerprint density at radius 1 is 1.50 bits per heavy atom. The molecule has 1 aromatic heterocycles. The number of nitrogens with zero attached hydrogens (tertiary/aromatic N) is 1. The molecule has 2 heterocycles. The lowest BCUT2D eigenvalue weighted by atomic mass is 10.2. The summed E-state index contributed by atoms with van der Waals surface area (Å²) in [5.41, 5.74) is 1.31. The molecular formula is C14H24N2O2. The van der Waals surface area contributed by atoms with Gasteiger partial charge < -0.3 is 19.4 Å². The van der Waals surface area contributed by atoms with E-state index in [1.54, 1.807) is 7.11 Å². The van der Waals surface area contributed by atoms with Crippen LogP contribution in [0.3, 0.4) is 0 Å². The zero-order valence-corrected chi connectivity index (χ0v) is 11.4. The normalized spacial score (nSPS) is 23.7. The van der Waals surface area contributed by atoms with Crippen LogP contribution in [0.1, 0.15) is 25.5 Å². The first kappa shape index (κ1) is 13.6. The molecule has 0 aliphatic carbocycles. The molecule has 0 bridgehead atoms. The van der Waals surface area contributed by atoms with Gasteiger partial charge in [-0.15, -0.1) is 0 Å². The molecule has 1 N–H and O–H groups in total. The number of methoxy groups -OCH3 is 1. The quantitative estimate of drug-likeness (QED) is 0.752. The summed E-state index contributed by atoms with van der Waals surface area (Å²) >= 11 is 0. The second-order valence-corrected chi connectivity index (χ2v) is 4.97. The summed E-state index contributed by atoms with van der Waals surface area (Å²) < 4.78 is 13.2. The lowest BCUT2D eigenvalue weighted by Gasteiger charge is -2.15. The predicted octanol–water partition coefficient (Wildman–Crippen LogP) is 1.79. The molecule has 0 spiro atoms. The van der Waals surface area contributed by atoms with Gasteiger partial charge in [0, 0.05) is 38.6 Å². The third-order valence-electron chi connectivity index (χ3n) is 3.43. The molecule has 0 saturated carbocycles. The van der Waals surface area contributed by atoms with Gasteiger partial charge in [-0.05, 0) is 31.9 Å². The maximum Gasteiger partial charge on any atom is 0.0758 e. The van der Waals surface area contributed by atoms with Gasteiger partial charge in [0.2, 0.25) is 0 Å². The molecule has 0 aromatic carbocycles. The second kappa shape index (κ2) is 6.92. The Labute approximate surface area is 109 Å². The minimum atomic E-state index is 0.380. The first-order valence-electron chi connectivity index (χ1n) is 6.78. The largest absolute Gasteiger partial charge is 0.383 e. The zero-order valence-electron chi connectivity index (χ0n) is 11.4. The summed E-state index contributed by atoms with van der Waals surface area (Å²) in [7, 11) is 1.73. The SMILES string of the molecule is COCCNCc1cccn1CC1CCC(C)O1. The Balaban J connectivity index is 1.79. The van der Waals surface area contributed by atoms with Crippen LogP contribution in [0.15, 0.2) is 18.3 Å². The van der Waals surface area contributed by atoms with Crippen molar-refractivity contribution in [2.45, 2.75) is 45.1 Å². The third-order valence-corrected chi connectivity index (χ3v) is 3.43.